The van der Waals surface area contributed by atoms with E-state index < -0.39 is 0 Å². The van der Waals surface area contributed by atoms with Crippen LogP contribution in [0.4, 0.5) is 0 Å². The van der Waals surface area contributed by atoms with E-state index in [1.807, 2.05) is 37.1 Å². The van der Waals surface area contributed by atoms with Gasteiger partial charge in [0.15, 0.2) is 5.96 Å². The molecule has 0 bridgehead atoms. The number of nitrogens with zero attached hydrogens (tertiary/aromatic N) is 2. The van der Waals surface area contributed by atoms with E-state index in [4.69, 9.17) is 0 Å². The molecule has 0 saturated carbocycles. The molecule has 0 aliphatic carbocycles. The van der Waals surface area contributed by atoms with Gasteiger partial charge < -0.3 is 15.5 Å². The average molecular weight is 355 g/mol. The lowest BCUT2D eigenvalue weighted by molar-refractivity contribution is -0.120. The lowest BCUT2D eigenvalue weighted by Gasteiger charge is -2.22. The minimum absolute atomic E-state index is 0.0210. The molecule has 1 aromatic rings. The molecule has 5 nitrogen and oxygen atoms in total. The maximum Gasteiger partial charge on any atom is 0.239 e. The zero-order chi connectivity index (χ0) is 15.7. The van der Waals surface area contributed by atoms with E-state index in [1.165, 1.54) is 5.56 Å². The van der Waals surface area contributed by atoms with E-state index in [9.17, 15) is 4.79 Å². The Morgan fingerprint density at radius 2 is 2.05 bits per heavy atom. The van der Waals surface area contributed by atoms with Gasteiger partial charge in [-0.2, -0.15) is 0 Å². The predicted octanol–water partition coefficient (Wildman–Crippen LogP) is 1.98. The molecule has 0 radical (unpaired) electrons. The highest BCUT2D eigenvalue weighted by Crippen LogP contribution is 2.17. The molecule has 0 heterocycles. The number of carbonyl (C=O) groups excluding carboxylic acids is 1. The number of amides is 1. The van der Waals surface area contributed by atoms with Gasteiger partial charge in [0, 0.05) is 31.7 Å². The summed E-state index contributed by atoms with van der Waals surface area (Å²) >= 11 is 3.54. The molecule has 0 aromatic heterocycles. The van der Waals surface area contributed by atoms with Crippen LogP contribution >= 0.6 is 15.9 Å². The molecule has 1 aromatic carbocycles. The third-order valence-corrected chi connectivity index (χ3v) is 3.69. The van der Waals surface area contributed by atoms with Crippen LogP contribution in [0, 0.1) is 0 Å². The molecule has 0 aliphatic heterocycles. The number of benzene rings is 1. The molecule has 0 fully saturated rings. The van der Waals surface area contributed by atoms with Crippen LogP contribution in [-0.2, 0) is 11.3 Å². The minimum Gasteiger partial charge on any atom is -0.355 e. The van der Waals surface area contributed by atoms with Crippen molar-refractivity contribution in [3.8, 4) is 0 Å². The predicted molar refractivity (Wildman–Crippen MR) is 90.3 cm³/mol. The van der Waals surface area contributed by atoms with Gasteiger partial charge in [-0.25, -0.2) is 0 Å². The molecular formula is C15H23BrN4O. The Bertz CT molecular complexity index is 490. The van der Waals surface area contributed by atoms with E-state index in [0.29, 0.717) is 19.0 Å². The molecule has 0 spiro atoms. The van der Waals surface area contributed by atoms with Crippen molar-refractivity contribution in [1.29, 1.82) is 0 Å². The van der Waals surface area contributed by atoms with Crippen LogP contribution in [0.2, 0.25) is 0 Å². The van der Waals surface area contributed by atoms with E-state index in [1.54, 1.807) is 7.05 Å². The summed E-state index contributed by atoms with van der Waals surface area (Å²) in [7, 11) is 3.65. The smallest absolute Gasteiger partial charge is 0.239 e. The standard InChI is InChI=1S/C15H23BrN4O/c1-4-9-18-14(21)10-19-15(17-2)20(3)11-12-7-5-6-8-13(12)16/h5-8H,4,9-11H2,1-3H3,(H,17,19)(H,18,21). The molecule has 21 heavy (non-hydrogen) atoms. The quantitative estimate of drug-likeness (QED) is 0.606. The van der Waals surface area contributed by atoms with Crippen LogP contribution in [0.25, 0.3) is 0 Å². The summed E-state index contributed by atoms with van der Waals surface area (Å²) in [5.41, 5.74) is 1.17. The number of aliphatic imine (C=N–C) groups is 1. The Morgan fingerprint density at radius 1 is 1.33 bits per heavy atom. The van der Waals surface area contributed by atoms with Crippen LogP contribution in [0.1, 0.15) is 18.9 Å². The fourth-order valence-corrected chi connectivity index (χ4v) is 2.24. The van der Waals surface area contributed by atoms with Crippen LogP contribution in [-0.4, -0.2) is 44.0 Å². The number of carbonyl (C=O) groups is 1. The maximum absolute atomic E-state index is 11.6. The molecular weight excluding hydrogens is 332 g/mol. The summed E-state index contributed by atoms with van der Waals surface area (Å²) in [5.74, 6) is 0.671. The molecule has 1 amide bonds. The SMILES string of the molecule is CCCNC(=O)CNC(=NC)N(C)Cc1ccccc1Br. The largest absolute Gasteiger partial charge is 0.355 e. The van der Waals surface area contributed by atoms with Gasteiger partial charge >= 0.3 is 0 Å². The minimum atomic E-state index is -0.0210. The van der Waals surface area contributed by atoms with E-state index in [0.717, 1.165) is 10.9 Å². The Morgan fingerprint density at radius 3 is 2.67 bits per heavy atom. The van der Waals surface area contributed by atoms with Crippen molar-refractivity contribution in [3.05, 3.63) is 34.3 Å². The molecule has 0 unspecified atom stereocenters. The van der Waals surface area contributed by atoms with Crippen molar-refractivity contribution in [2.45, 2.75) is 19.9 Å². The normalized spacial score (nSPS) is 11.1. The van der Waals surface area contributed by atoms with E-state index in [2.05, 4.69) is 37.6 Å². The second kappa shape index (κ2) is 9.39. The average Bonchev–Trinajstić information content (AvgIpc) is 2.48. The Kier molecular flexibility index (Phi) is 7.82. The van der Waals surface area contributed by atoms with Gasteiger partial charge in [-0.05, 0) is 18.1 Å². The number of hydrogen-bond acceptors (Lipinski definition) is 2. The van der Waals surface area contributed by atoms with Crippen molar-refractivity contribution in [2.24, 2.45) is 4.99 Å². The summed E-state index contributed by atoms with van der Waals surface area (Å²) in [5, 5.41) is 5.89. The molecule has 2 N–H and O–H groups in total. The van der Waals surface area contributed by atoms with Crippen molar-refractivity contribution in [2.75, 3.05) is 27.2 Å². The van der Waals surface area contributed by atoms with E-state index >= 15 is 0 Å². The van der Waals surface area contributed by atoms with Gasteiger partial charge in [-0.15, -0.1) is 0 Å². The number of rotatable bonds is 6. The number of hydrogen-bond donors (Lipinski definition) is 2. The summed E-state index contributed by atoms with van der Waals surface area (Å²) < 4.78 is 1.06. The highest BCUT2D eigenvalue weighted by molar-refractivity contribution is 9.10. The molecule has 0 saturated heterocycles. The van der Waals surface area contributed by atoms with Gasteiger partial charge in [-0.1, -0.05) is 41.1 Å². The Hall–Kier alpha value is -1.56. The summed E-state index contributed by atoms with van der Waals surface area (Å²) in [6.45, 7) is 3.66. The van der Waals surface area contributed by atoms with E-state index in [-0.39, 0.29) is 12.5 Å². The maximum atomic E-state index is 11.6. The second-order valence-corrected chi connectivity index (χ2v) is 5.55. The monoisotopic (exact) mass is 354 g/mol. The first-order chi connectivity index (χ1) is 10.1. The third-order valence-electron chi connectivity index (χ3n) is 2.92. The van der Waals surface area contributed by atoms with Crippen LogP contribution in [0.15, 0.2) is 33.7 Å². The Labute approximate surface area is 134 Å². The van der Waals surface area contributed by atoms with Gasteiger partial charge in [0.25, 0.3) is 0 Å². The molecule has 116 valence electrons. The second-order valence-electron chi connectivity index (χ2n) is 4.70. The molecule has 0 aliphatic rings. The fourth-order valence-electron chi connectivity index (χ4n) is 1.83. The van der Waals surface area contributed by atoms with Crippen LogP contribution < -0.4 is 10.6 Å². The fraction of sp³-hybridized carbons (Fsp3) is 0.467. The third kappa shape index (κ3) is 6.16. The topological polar surface area (TPSA) is 56.7 Å². The molecule has 0 atom stereocenters. The lowest BCUT2D eigenvalue weighted by atomic mass is 10.2. The van der Waals surface area contributed by atoms with Crippen LogP contribution in [0.5, 0.6) is 0 Å². The van der Waals surface area contributed by atoms with Crippen molar-refractivity contribution < 1.29 is 4.79 Å². The number of halogens is 1. The first kappa shape index (κ1) is 17.5. The zero-order valence-electron chi connectivity index (χ0n) is 12.8. The lowest BCUT2D eigenvalue weighted by Crippen LogP contribution is -2.43. The first-order valence-corrected chi connectivity index (χ1v) is 7.79. The Balaban J connectivity index is 2.52. The van der Waals surface area contributed by atoms with Gasteiger partial charge in [-0.3, -0.25) is 9.79 Å². The first-order valence-electron chi connectivity index (χ1n) is 7.00. The van der Waals surface area contributed by atoms with Crippen molar-refractivity contribution >= 4 is 27.8 Å². The van der Waals surface area contributed by atoms with Gasteiger partial charge in [0.2, 0.25) is 5.91 Å². The summed E-state index contributed by atoms with van der Waals surface area (Å²) in [6.07, 6.45) is 0.933. The highest BCUT2D eigenvalue weighted by Gasteiger charge is 2.09. The number of nitrogens with one attached hydrogen (secondary N) is 2. The summed E-state index contributed by atoms with van der Waals surface area (Å²) in [4.78, 5) is 17.8. The van der Waals surface area contributed by atoms with Crippen molar-refractivity contribution in [1.82, 2.24) is 15.5 Å². The highest BCUT2D eigenvalue weighted by atomic mass is 79.9. The number of guanidine groups is 1. The van der Waals surface area contributed by atoms with Gasteiger partial charge in [0.05, 0.1) is 6.54 Å². The zero-order valence-corrected chi connectivity index (χ0v) is 14.4. The molecule has 6 heteroatoms. The van der Waals surface area contributed by atoms with Crippen molar-refractivity contribution in [3.63, 3.8) is 0 Å². The molecule has 1 rings (SSSR count). The van der Waals surface area contributed by atoms with Crippen LogP contribution in [0.3, 0.4) is 0 Å². The van der Waals surface area contributed by atoms with Gasteiger partial charge in [0.1, 0.15) is 0 Å². The summed E-state index contributed by atoms with van der Waals surface area (Å²) in [6, 6.07) is 8.06.